The van der Waals surface area contributed by atoms with Gasteiger partial charge in [0.2, 0.25) is 17.8 Å². The molecule has 0 amide bonds. The van der Waals surface area contributed by atoms with Crippen LogP contribution in [0.5, 0.6) is 0 Å². The van der Waals surface area contributed by atoms with Crippen LogP contribution in [-0.2, 0) is 0 Å². The third kappa shape index (κ3) is 4.32. The molecule has 2 N–H and O–H groups in total. The molecule has 0 unspecified atom stereocenters. The van der Waals surface area contributed by atoms with E-state index in [1.54, 1.807) is 35.0 Å². The Hall–Kier alpha value is -1.83. The van der Waals surface area contributed by atoms with E-state index in [9.17, 15) is 0 Å². The molecule has 0 aliphatic carbocycles. The third-order valence-electron chi connectivity index (χ3n) is 2.92. The zero-order chi connectivity index (χ0) is 15.3. The Morgan fingerprint density at radius 1 is 1.19 bits per heavy atom. The van der Waals surface area contributed by atoms with Crippen LogP contribution >= 0.6 is 11.8 Å². The van der Waals surface area contributed by atoms with Crippen molar-refractivity contribution in [1.29, 1.82) is 0 Å². The highest BCUT2D eigenvalue weighted by molar-refractivity contribution is 7.99. The minimum absolute atomic E-state index is 0.111. The fraction of sp³-hybridized carbons (Fsp3) is 0.538. The van der Waals surface area contributed by atoms with Gasteiger partial charge in [0.1, 0.15) is 6.33 Å². The average molecular weight is 307 g/mol. The molecule has 0 bridgehead atoms. The van der Waals surface area contributed by atoms with Crippen molar-refractivity contribution in [2.45, 2.75) is 25.5 Å². The number of hydrogen-bond acceptors (Lipinski definition) is 7. The quantitative estimate of drug-likeness (QED) is 0.810. The van der Waals surface area contributed by atoms with E-state index in [0.29, 0.717) is 17.8 Å². The van der Waals surface area contributed by atoms with Crippen LogP contribution in [0.4, 0.5) is 11.9 Å². The molecule has 2 aromatic rings. The summed E-state index contributed by atoms with van der Waals surface area (Å²) in [7, 11) is 0. The molecule has 0 aliphatic rings. The lowest BCUT2D eigenvalue weighted by atomic mass is 10.2. The van der Waals surface area contributed by atoms with Crippen molar-refractivity contribution in [3.63, 3.8) is 0 Å². The van der Waals surface area contributed by atoms with Crippen molar-refractivity contribution < 1.29 is 0 Å². The molecule has 7 nitrogen and oxygen atoms in total. The van der Waals surface area contributed by atoms with Gasteiger partial charge < -0.3 is 10.6 Å². The van der Waals surface area contributed by atoms with E-state index < -0.39 is 0 Å². The molecular weight excluding hydrogens is 286 g/mol. The molecule has 0 saturated heterocycles. The number of aromatic nitrogens is 5. The first kappa shape index (κ1) is 15.6. The molecule has 0 fully saturated rings. The van der Waals surface area contributed by atoms with E-state index in [1.807, 2.05) is 6.92 Å². The number of thioether (sulfide) groups is 1. The molecule has 2 heterocycles. The standard InChI is InChI=1S/C13H21N7S/c1-5-15-10-17-11(16-8-13(2,3)21-4)19-12(18-10)20-7-6-14-9-20/h6-7,9H,5,8H2,1-4H3,(H2,15,16,17,18,19). The first-order chi connectivity index (χ1) is 10.0. The zero-order valence-electron chi connectivity index (χ0n) is 12.8. The molecule has 0 atom stereocenters. The summed E-state index contributed by atoms with van der Waals surface area (Å²) >= 11 is 1.80. The summed E-state index contributed by atoms with van der Waals surface area (Å²) in [6, 6.07) is 0. The number of hydrogen-bond donors (Lipinski definition) is 2. The van der Waals surface area contributed by atoms with E-state index in [4.69, 9.17) is 0 Å². The first-order valence-corrected chi connectivity index (χ1v) is 8.04. The van der Waals surface area contributed by atoms with Gasteiger partial charge in [0.15, 0.2) is 0 Å². The van der Waals surface area contributed by atoms with E-state index in [2.05, 4.69) is 50.7 Å². The van der Waals surface area contributed by atoms with Crippen molar-refractivity contribution in [2.24, 2.45) is 0 Å². The molecule has 0 saturated carbocycles. The second kappa shape index (κ2) is 6.75. The predicted molar refractivity (Wildman–Crippen MR) is 87.2 cm³/mol. The maximum Gasteiger partial charge on any atom is 0.241 e. The van der Waals surface area contributed by atoms with E-state index in [-0.39, 0.29) is 4.75 Å². The lowest BCUT2D eigenvalue weighted by Gasteiger charge is -2.22. The van der Waals surface area contributed by atoms with Crippen LogP contribution in [0.25, 0.3) is 5.95 Å². The van der Waals surface area contributed by atoms with Gasteiger partial charge in [-0.3, -0.25) is 4.57 Å². The Bertz CT molecular complexity index is 568. The average Bonchev–Trinajstić information content (AvgIpc) is 3.00. The van der Waals surface area contributed by atoms with Crippen molar-refractivity contribution in [3.05, 3.63) is 18.7 Å². The Morgan fingerprint density at radius 2 is 1.90 bits per heavy atom. The normalized spacial score (nSPS) is 11.4. The Morgan fingerprint density at radius 3 is 2.48 bits per heavy atom. The summed E-state index contributed by atoms with van der Waals surface area (Å²) in [5.41, 5.74) is 0. The van der Waals surface area contributed by atoms with Gasteiger partial charge in [-0.25, -0.2) is 4.98 Å². The maximum atomic E-state index is 4.44. The minimum Gasteiger partial charge on any atom is -0.354 e. The van der Waals surface area contributed by atoms with Crippen molar-refractivity contribution in [2.75, 3.05) is 30.0 Å². The largest absolute Gasteiger partial charge is 0.354 e. The number of nitrogens with zero attached hydrogens (tertiary/aromatic N) is 5. The zero-order valence-corrected chi connectivity index (χ0v) is 13.6. The first-order valence-electron chi connectivity index (χ1n) is 6.81. The van der Waals surface area contributed by atoms with Gasteiger partial charge in [-0.05, 0) is 27.0 Å². The van der Waals surface area contributed by atoms with Crippen LogP contribution in [0.1, 0.15) is 20.8 Å². The molecular formula is C13H21N7S. The molecule has 0 spiro atoms. The molecule has 0 radical (unpaired) electrons. The summed E-state index contributed by atoms with van der Waals surface area (Å²) in [4.78, 5) is 17.2. The summed E-state index contributed by atoms with van der Waals surface area (Å²) in [5, 5.41) is 6.40. The maximum absolute atomic E-state index is 4.44. The van der Waals surface area contributed by atoms with Crippen LogP contribution in [0.3, 0.4) is 0 Å². The lowest BCUT2D eigenvalue weighted by molar-refractivity contribution is 0.744. The number of rotatable bonds is 7. The van der Waals surface area contributed by atoms with Crippen LogP contribution in [0.15, 0.2) is 18.7 Å². The molecule has 21 heavy (non-hydrogen) atoms. The highest BCUT2D eigenvalue weighted by Gasteiger charge is 2.17. The Balaban J connectivity index is 2.24. The molecule has 0 aromatic carbocycles. The van der Waals surface area contributed by atoms with Crippen LogP contribution in [-0.4, -0.2) is 48.6 Å². The summed E-state index contributed by atoms with van der Waals surface area (Å²) in [6.07, 6.45) is 7.26. The fourth-order valence-electron chi connectivity index (χ4n) is 1.54. The van der Waals surface area contributed by atoms with E-state index in [1.165, 1.54) is 0 Å². The molecule has 0 aliphatic heterocycles. The van der Waals surface area contributed by atoms with Gasteiger partial charge in [0, 0.05) is 30.2 Å². The van der Waals surface area contributed by atoms with Gasteiger partial charge in [-0.2, -0.15) is 26.7 Å². The van der Waals surface area contributed by atoms with Gasteiger partial charge in [0.25, 0.3) is 0 Å². The lowest BCUT2D eigenvalue weighted by Crippen LogP contribution is -2.27. The highest BCUT2D eigenvalue weighted by atomic mass is 32.2. The Kier molecular flexibility index (Phi) is 5.00. The monoisotopic (exact) mass is 307 g/mol. The molecule has 114 valence electrons. The summed E-state index contributed by atoms with van der Waals surface area (Å²) in [6.45, 7) is 7.88. The minimum atomic E-state index is 0.111. The second-order valence-electron chi connectivity index (χ2n) is 5.10. The van der Waals surface area contributed by atoms with Gasteiger partial charge in [-0.1, -0.05) is 0 Å². The molecule has 2 rings (SSSR count). The van der Waals surface area contributed by atoms with Crippen molar-refractivity contribution >= 4 is 23.7 Å². The van der Waals surface area contributed by atoms with Gasteiger partial charge in [-0.15, -0.1) is 0 Å². The number of anilines is 2. The van der Waals surface area contributed by atoms with Crippen molar-refractivity contribution in [3.8, 4) is 5.95 Å². The van der Waals surface area contributed by atoms with Gasteiger partial charge in [0.05, 0.1) is 0 Å². The van der Waals surface area contributed by atoms with Crippen LogP contribution in [0, 0.1) is 0 Å². The summed E-state index contributed by atoms with van der Waals surface area (Å²) in [5.74, 6) is 1.66. The van der Waals surface area contributed by atoms with E-state index >= 15 is 0 Å². The molecule has 8 heteroatoms. The SMILES string of the molecule is CCNc1nc(NCC(C)(C)SC)nc(-n2ccnc2)n1. The van der Waals surface area contributed by atoms with Crippen LogP contribution in [0.2, 0.25) is 0 Å². The van der Waals surface area contributed by atoms with Crippen LogP contribution < -0.4 is 10.6 Å². The number of imidazole rings is 1. The Labute approximate surface area is 129 Å². The molecule has 2 aromatic heterocycles. The highest BCUT2D eigenvalue weighted by Crippen LogP contribution is 2.21. The summed E-state index contributed by atoms with van der Waals surface area (Å²) < 4.78 is 1.87. The number of nitrogens with one attached hydrogen (secondary N) is 2. The van der Waals surface area contributed by atoms with Crippen molar-refractivity contribution in [1.82, 2.24) is 24.5 Å². The topological polar surface area (TPSA) is 80.5 Å². The smallest absolute Gasteiger partial charge is 0.241 e. The predicted octanol–water partition coefficient (Wildman–Crippen LogP) is 2.04. The third-order valence-corrected chi connectivity index (χ3v) is 4.17. The van der Waals surface area contributed by atoms with Gasteiger partial charge >= 0.3 is 0 Å². The van der Waals surface area contributed by atoms with E-state index in [0.717, 1.165) is 13.1 Å². The second-order valence-corrected chi connectivity index (χ2v) is 6.61. The fourth-order valence-corrected chi connectivity index (χ4v) is 1.75.